The van der Waals surface area contributed by atoms with E-state index in [9.17, 15) is 18.0 Å². The van der Waals surface area contributed by atoms with Gasteiger partial charge in [-0.1, -0.05) is 11.6 Å². The van der Waals surface area contributed by atoms with Crippen molar-refractivity contribution in [1.82, 2.24) is 19.9 Å². The Hall–Kier alpha value is -2.03. The minimum Gasteiger partial charge on any atom is -0.409 e. The van der Waals surface area contributed by atoms with Gasteiger partial charge >= 0.3 is 11.9 Å². The van der Waals surface area contributed by atoms with Gasteiger partial charge in [0.2, 0.25) is 0 Å². The van der Waals surface area contributed by atoms with E-state index in [0.717, 1.165) is 18.2 Å². The molecule has 0 bridgehead atoms. The van der Waals surface area contributed by atoms with E-state index in [0.29, 0.717) is 4.68 Å². The first-order valence-electron chi connectivity index (χ1n) is 4.44. The van der Waals surface area contributed by atoms with Crippen molar-refractivity contribution in [3.05, 3.63) is 45.1 Å². The number of nitrogens with zero attached hydrogens (tertiary/aromatic N) is 4. The van der Waals surface area contributed by atoms with Gasteiger partial charge in [0.15, 0.2) is 0 Å². The van der Waals surface area contributed by atoms with Crippen molar-refractivity contribution >= 4 is 11.6 Å². The summed E-state index contributed by atoms with van der Waals surface area (Å²) in [5, 5.41) is 5.86. The lowest BCUT2D eigenvalue weighted by molar-refractivity contribution is -0.137. The van der Waals surface area contributed by atoms with Gasteiger partial charge in [-0.3, -0.25) is 10.0 Å². The van der Waals surface area contributed by atoms with Crippen LogP contribution in [0.5, 0.6) is 0 Å². The van der Waals surface area contributed by atoms with E-state index in [1.807, 2.05) is 0 Å². The molecular weight excluding hydrogens is 275 g/mol. The molecule has 2 rings (SSSR count). The average Bonchev–Trinajstić information content (AvgIpc) is 2.58. The topological polar surface area (TPSA) is 76.5 Å². The number of halogens is 4. The standard InChI is InChI=1S/C8H4ClF3N5O/c9-6-3-4(1-2-5(6)8(10,11)12)16-7(18)17(13)15-14-16/h1-3,13H/q-1. The minimum absolute atomic E-state index is 0.00324. The Bertz CT molecular complexity index is 647. The third-order valence-electron chi connectivity index (χ3n) is 2.08. The van der Waals surface area contributed by atoms with Crippen LogP contribution in [-0.4, -0.2) is 19.9 Å². The molecule has 0 saturated carbocycles. The quantitative estimate of drug-likeness (QED) is 0.799. The van der Waals surface area contributed by atoms with E-state index >= 15 is 0 Å². The number of nitrogens with one attached hydrogen (secondary N) is 1. The molecule has 18 heavy (non-hydrogen) atoms. The van der Waals surface area contributed by atoms with E-state index in [1.165, 1.54) is 0 Å². The Labute approximate surface area is 102 Å². The van der Waals surface area contributed by atoms with Crippen LogP contribution in [0.2, 0.25) is 5.02 Å². The van der Waals surface area contributed by atoms with Crippen LogP contribution < -0.4 is 5.69 Å². The SMILES string of the molecule is [NH-]n1nnn(-c2ccc(C(F)(F)F)c(Cl)c2)c1=O. The maximum Gasteiger partial charge on any atom is 0.417 e. The van der Waals surface area contributed by atoms with Gasteiger partial charge in [0.05, 0.1) is 16.3 Å². The molecule has 0 aliphatic rings. The van der Waals surface area contributed by atoms with Gasteiger partial charge in [-0.05, 0) is 18.2 Å². The first kappa shape index (κ1) is 12.4. The Morgan fingerprint density at radius 3 is 2.39 bits per heavy atom. The normalized spacial score (nSPS) is 11.8. The molecule has 0 unspecified atom stereocenters. The number of benzene rings is 1. The summed E-state index contributed by atoms with van der Waals surface area (Å²) in [5.41, 5.74) is -1.93. The lowest BCUT2D eigenvalue weighted by Gasteiger charge is -2.09. The summed E-state index contributed by atoms with van der Waals surface area (Å²) in [6, 6.07) is 2.68. The Kier molecular flexibility index (Phi) is 2.77. The van der Waals surface area contributed by atoms with Gasteiger partial charge < -0.3 is 5.84 Å². The van der Waals surface area contributed by atoms with Crippen LogP contribution >= 0.6 is 11.6 Å². The summed E-state index contributed by atoms with van der Waals surface area (Å²) in [6.45, 7) is 0. The summed E-state index contributed by atoms with van der Waals surface area (Å²) >= 11 is 5.49. The van der Waals surface area contributed by atoms with Gasteiger partial charge in [-0.2, -0.15) is 23.1 Å². The maximum atomic E-state index is 12.5. The Balaban J connectivity index is 2.54. The smallest absolute Gasteiger partial charge is 0.409 e. The highest BCUT2D eigenvalue weighted by atomic mass is 35.5. The van der Waals surface area contributed by atoms with Crippen molar-refractivity contribution in [1.29, 1.82) is 0 Å². The van der Waals surface area contributed by atoms with Crippen molar-refractivity contribution < 1.29 is 13.2 Å². The number of hydrogen-bond acceptors (Lipinski definition) is 3. The molecule has 0 amide bonds. The summed E-state index contributed by atoms with van der Waals surface area (Å²) in [6.07, 6.45) is -4.58. The van der Waals surface area contributed by atoms with Crippen LogP contribution in [0.3, 0.4) is 0 Å². The van der Waals surface area contributed by atoms with Crippen molar-refractivity contribution in [2.45, 2.75) is 6.18 Å². The molecule has 6 nitrogen and oxygen atoms in total. The van der Waals surface area contributed by atoms with Crippen LogP contribution in [0.25, 0.3) is 11.5 Å². The van der Waals surface area contributed by atoms with E-state index < -0.39 is 22.5 Å². The Morgan fingerprint density at radius 2 is 1.94 bits per heavy atom. The monoisotopic (exact) mass is 278 g/mol. The predicted molar refractivity (Wildman–Crippen MR) is 55.4 cm³/mol. The summed E-state index contributed by atoms with van der Waals surface area (Å²) in [4.78, 5) is 11.5. The Morgan fingerprint density at radius 1 is 1.28 bits per heavy atom. The van der Waals surface area contributed by atoms with Gasteiger partial charge in [0.1, 0.15) is 0 Å². The lowest BCUT2D eigenvalue weighted by Crippen LogP contribution is -2.20. The molecule has 0 aliphatic carbocycles. The molecule has 0 radical (unpaired) electrons. The molecule has 0 fully saturated rings. The van der Waals surface area contributed by atoms with Crippen molar-refractivity contribution in [3.63, 3.8) is 0 Å². The van der Waals surface area contributed by atoms with E-state index in [2.05, 4.69) is 10.4 Å². The second-order valence-corrected chi connectivity index (χ2v) is 3.65. The molecule has 0 atom stereocenters. The molecular formula is C8H4ClF3N5O-. The molecule has 96 valence electrons. The fraction of sp³-hybridized carbons (Fsp3) is 0.125. The van der Waals surface area contributed by atoms with Gasteiger partial charge in [0, 0.05) is 0 Å². The molecule has 1 aromatic heterocycles. The summed E-state index contributed by atoms with van der Waals surface area (Å²) in [7, 11) is 0. The molecule has 1 aromatic carbocycles. The van der Waals surface area contributed by atoms with Crippen LogP contribution in [0, 0.1) is 0 Å². The number of alkyl halides is 3. The van der Waals surface area contributed by atoms with Crippen molar-refractivity contribution in [2.24, 2.45) is 0 Å². The highest BCUT2D eigenvalue weighted by Gasteiger charge is 2.33. The number of aromatic nitrogens is 4. The fourth-order valence-corrected chi connectivity index (χ4v) is 1.56. The molecule has 10 heteroatoms. The van der Waals surface area contributed by atoms with Gasteiger partial charge in [-0.15, -0.1) is 0 Å². The molecule has 1 heterocycles. The van der Waals surface area contributed by atoms with E-state index in [1.54, 1.807) is 0 Å². The first-order valence-corrected chi connectivity index (χ1v) is 4.82. The van der Waals surface area contributed by atoms with Crippen LogP contribution in [0.15, 0.2) is 23.0 Å². The van der Waals surface area contributed by atoms with Crippen molar-refractivity contribution in [3.8, 4) is 5.69 Å². The first-order chi connectivity index (χ1) is 8.30. The average molecular weight is 279 g/mol. The number of hydrogen-bond donors (Lipinski definition) is 0. The predicted octanol–water partition coefficient (Wildman–Crippen LogP) is 1.92. The summed E-state index contributed by atoms with van der Waals surface area (Å²) < 4.78 is 38.0. The lowest BCUT2D eigenvalue weighted by atomic mass is 10.2. The zero-order chi connectivity index (χ0) is 13.5. The third-order valence-corrected chi connectivity index (χ3v) is 2.40. The highest BCUT2D eigenvalue weighted by Crippen LogP contribution is 2.35. The fourth-order valence-electron chi connectivity index (χ4n) is 1.27. The molecule has 1 N–H and O–H groups in total. The van der Waals surface area contributed by atoms with Crippen molar-refractivity contribution in [2.75, 3.05) is 0 Å². The second-order valence-electron chi connectivity index (χ2n) is 3.25. The van der Waals surface area contributed by atoms with E-state index in [4.69, 9.17) is 17.4 Å². The van der Waals surface area contributed by atoms with Crippen LogP contribution in [0.4, 0.5) is 13.2 Å². The highest BCUT2D eigenvalue weighted by molar-refractivity contribution is 6.31. The zero-order valence-corrected chi connectivity index (χ0v) is 9.20. The van der Waals surface area contributed by atoms with Crippen LogP contribution in [-0.2, 0) is 6.18 Å². The van der Waals surface area contributed by atoms with E-state index in [-0.39, 0.29) is 10.5 Å². The molecule has 0 saturated heterocycles. The molecule has 2 aromatic rings. The largest absolute Gasteiger partial charge is 0.417 e. The number of rotatable bonds is 1. The second kappa shape index (κ2) is 4.02. The molecule has 0 spiro atoms. The third kappa shape index (κ3) is 2.04. The minimum atomic E-state index is -4.58. The van der Waals surface area contributed by atoms with Gasteiger partial charge in [-0.25, -0.2) is 4.79 Å². The van der Waals surface area contributed by atoms with Crippen LogP contribution in [0.1, 0.15) is 5.56 Å². The zero-order valence-electron chi connectivity index (χ0n) is 8.44. The number of tetrazole rings is 1. The summed E-state index contributed by atoms with van der Waals surface area (Å²) in [5.74, 6) is 6.98. The maximum absolute atomic E-state index is 12.5. The molecule has 0 aliphatic heterocycles. The van der Waals surface area contributed by atoms with Gasteiger partial charge in [0.25, 0.3) is 0 Å².